The molecular formula is C18H23N3O2S. The number of hydrogen-bond donors (Lipinski definition) is 3. The van der Waals surface area contributed by atoms with Crippen LogP contribution in [-0.2, 0) is 4.79 Å². The topological polar surface area (TPSA) is 62.4 Å². The number of hydrogen-bond acceptors (Lipinski definition) is 3. The number of benzene rings is 2. The second kappa shape index (κ2) is 9.08. The zero-order valence-corrected chi connectivity index (χ0v) is 14.8. The van der Waals surface area contributed by atoms with Gasteiger partial charge >= 0.3 is 0 Å². The summed E-state index contributed by atoms with van der Waals surface area (Å²) < 4.78 is 5.51. The maximum atomic E-state index is 11.8. The van der Waals surface area contributed by atoms with Gasteiger partial charge in [-0.15, -0.1) is 0 Å². The van der Waals surface area contributed by atoms with E-state index in [4.69, 9.17) is 17.0 Å². The third-order valence-corrected chi connectivity index (χ3v) is 3.66. The third kappa shape index (κ3) is 6.04. The highest BCUT2D eigenvalue weighted by Crippen LogP contribution is 2.20. The molecule has 0 aliphatic carbocycles. The fourth-order valence-electron chi connectivity index (χ4n) is 2.09. The number of thiocarbonyl (C=S) groups is 1. The molecular weight excluding hydrogens is 322 g/mol. The lowest BCUT2D eigenvalue weighted by Gasteiger charge is -2.13. The van der Waals surface area contributed by atoms with Crippen molar-refractivity contribution in [1.29, 1.82) is 0 Å². The Kier molecular flexibility index (Phi) is 6.81. The monoisotopic (exact) mass is 345 g/mol. The number of carbonyl (C=O) groups is 1. The second-order valence-electron chi connectivity index (χ2n) is 5.91. The van der Waals surface area contributed by atoms with Gasteiger partial charge in [0.25, 0.3) is 5.91 Å². The smallest absolute Gasteiger partial charge is 0.276 e. The van der Waals surface area contributed by atoms with Crippen molar-refractivity contribution in [1.82, 2.24) is 16.2 Å². The Hall–Kier alpha value is -2.34. The molecule has 0 saturated heterocycles. The Morgan fingerprint density at radius 2 is 1.88 bits per heavy atom. The van der Waals surface area contributed by atoms with E-state index in [1.165, 1.54) is 0 Å². The van der Waals surface area contributed by atoms with Crippen LogP contribution in [0.25, 0.3) is 10.8 Å². The van der Waals surface area contributed by atoms with Gasteiger partial charge < -0.3 is 10.1 Å². The fourth-order valence-corrected chi connectivity index (χ4v) is 2.24. The van der Waals surface area contributed by atoms with E-state index in [9.17, 15) is 4.79 Å². The van der Waals surface area contributed by atoms with Crippen molar-refractivity contribution in [2.24, 2.45) is 5.92 Å². The number of hydrazine groups is 1. The Labute approximate surface area is 147 Å². The molecule has 1 amide bonds. The van der Waals surface area contributed by atoms with Crippen LogP contribution in [0.15, 0.2) is 42.5 Å². The summed E-state index contributed by atoms with van der Waals surface area (Å²) in [5, 5.41) is 5.63. The highest BCUT2D eigenvalue weighted by Gasteiger charge is 2.04. The van der Waals surface area contributed by atoms with E-state index in [0.717, 1.165) is 23.7 Å². The molecule has 0 saturated carbocycles. The number of rotatable bonds is 6. The average Bonchev–Trinajstić information content (AvgIpc) is 2.57. The molecule has 0 aromatic heterocycles. The van der Waals surface area contributed by atoms with Crippen molar-refractivity contribution in [2.75, 3.05) is 13.2 Å². The predicted octanol–water partition coefficient (Wildman–Crippen LogP) is 2.76. The minimum atomic E-state index is -0.295. The van der Waals surface area contributed by atoms with E-state index < -0.39 is 0 Å². The van der Waals surface area contributed by atoms with Crippen LogP contribution in [0.5, 0.6) is 5.75 Å². The molecule has 0 fully saturated rings. The lowest BCUT2D eigenvalue weighted by Crippen LogP contribution is -2.48. The summed E-state index contributed by atoms with van der Waals surface area (Å²) in [4.78, 5) is 11.8. The number of amides is 1. The second-order valence-corrected chi connectivity index (χ2v) is 6.32. The summed E-state index contributed by atoms with van der Waals surface area (Å²) in [5.41, 5.74) is 5.17. The summed E-state index contributed by atoms with van der Waals surface area (Å²) >= 11 is 5.08. The molecule has 0 spiro atoms. The summed E-state index contributed by atoms with van der Waals surface area (Å²) in [7, 11) is 0. The van der Waals surface area contributed by atoms with Crippen molar-refractivity contribution in [3.05, 3.63) is 42.5 Å². The first-order chi connectivity index (χ1) is 11.5. The quantitative estimate of drug-likeness (QED) is 0.555. The van der Waals surface area contributed by atoms with Crippen molar-refractivity contribution >= 4 is 34.0 Å². The Morgan fingerprint density at radius 3 is 2.62 bits per heavy atom. The highest BCUT2D eigenvalue weighted by molar-refractivity contribution is 7.80. The standard InChI is InChI=1S/C18H23N3O2S/c1-13(2)9-10-19-18(24)21-20-17(22)12-23-16-8-7-14-5-3-4-6-15(14)11-16/h3-8,11,13H,9-10,12H2,1-2H3,(H,20,22)(H2,19,21,24). The predicted molar refractivity (Wildman–Crippen MR) is 101 cm³/mol. The Balaban J connectivity index is 1.71. The van der Waals surface area contributed by atoms with Gasteiger partial charge in [-0.25, -0.2) is 0 Å². The molecule has 5 nitrogen and oxygen atoms in total. The Bertz CT molecular complexity index is 703. The van der Waals surface area contributed by atoms with Gasteiger partial charge in [-0.1, -0.05) is 44.2 Å². The molecule has 2 aromatic carbocycles. The maximum Gasteiger partial charge on any atom is 0.276 e. The summed E-state index contributed by atoms with van der Waals surface area (Å²) in [5.74, 6) is 0.961. The molecule has 0 bridgehead atoms. The number of nitrogens with one attached hydrogen (secondary N) is 3. The van der Waals surface area contributed by atoms with E-state index in [0.29, 0.717) is 16.8 Å². The molecule has 3 N–H and O–H groups in total. The van der Waals surface area contributed by atoms with Crippen molar-refractivity contribution < 1.29 is 9.53 Å². The van der Waals surface area contributed by atoms with Crippen LogP contribution in [0.3, 0.4) is 0 Å². The molecule has 0 aliphatic rings. The molecule has 0 radical (unpaired) electrons. The van der Waals surface area contributed by atoms with Crippen LogP contribution >= 0.6 is 12.2 Å². The fraction of sp³-hybridized carbons (Fsp3) is 0.333. The minimum absolute atomic E-state index is 0.0834. The first kappa shape index (κ1) is 18.0. The largest absolute Gasteiger partial charge is 0.484 e. The molecule has 128 valence electrons. The minimum Gasteiger partial charge on any atom is -0.484 e. The number of fused-ring (bicyclic) bond motifs is 1. The SMILES string of the molecule is CC(C)CCNC(=S)NNC(=O)COc1ccc2ccccc2c1. The number of ether oxygens (including phenoxy) is 1. The molecule has 0 unspecified atom stereocenters. The summed E-state index contributed by atoms with van der Waals surface area (Å²) in [6.45, 7) is 4.97. The van der Waals surface area contributed by atoms with Gasteiger partial charge in [0, 0.05) is 6.54 Å². The van der Waals surface area contributed by atoms with Crippen LogP contribution in [0.1, 0.15) is 20.3 Å². The van der Waals surface area contributed by atoms with Gasteiger partial charge in [0.15, 0.2) is 11.7 Å². The molecule has 2 aromatic rings. The first-order valence-corrected chi connectivity index (χ1v) is 8.39. The zero-order chi connectivity index (χ0) is 17.4. The van der Waals surface area contributed by atoms with Crippen molar-refractivity contribution in [3.63, 3.8) is 0 Å². The molecule has 2 rings (SSSR count). The van der Waals surface area contributed by atoms with Gasteiger partial charge in [-0.05, 0) is 47.5 Å². The van der Waals surface area contributed by atoms with Crippen LogP contribution < -0.4 is 20.9 Å². The molecule has 24 heavy (non-hydrogen) atoms. The Morgan fingerprint density at radius 1 is 1.12 bits per heavy atom. The van der Waals surface area contributed by atoms with E-state index in [2.05, 4.69) is 30.0 Å². The van der Waals surface area contributed by atoms with Crippen LogP contribution in [-0.4, -0.2) is 24.2 Å². The van der Waals surface area contributed by atoms with Crippen LogP contribution in [0.2, 0.25) is 0 Å². The van der Waals surface area contributed by atoms with Gasteiger partial charge in [0.1, 0.15) is 5.75 Å². The van der Waals surface area contributed by atoms with Gasteiger partial charge in [-0.2, -0.15) is 0 Å². The van der Waals surface area contributed by atoms with Crippen molar-refractivity contribution in [3.8, 4) is 5.75 Å². The lowest BCUT2D eigenvalue weighted by molar-refractivity contribution is -0.123. The molecule has 0 atom stereocenters. The average molecular weight is 345 g/mol. The van der Waals surface area contributed by atoms with E-state index >= 15 is 0 Å². The van der Waals surface area contributed by atoms with Crippen LogP contribution in [0, 0.1) is 5.92 Å². The number of carbonyl (C=O) groups excluding carboxylic acids is 1. The highest BCUT2D eigenvalue weighted by atomic mass is 32.1. The van der Waals surface area contributed by atoms with Crippen molar-refractivity contribution in [2.45, 2.75) is 20.3 Å². The van der Waals surface area contributed by atoms with Crippen LogP contribution in [0.4, 0.5) is 0 Å². The van der Waals surface area contributed by atoms with E-state index in [-0.39, 0.29) is 12.5 Å². The maximum absolute atomic E-state index is 11.8. The summed E-state index contributed by atoms with van der Waals surface area (Å²) in [6.07, 6.45) is 1.01. The third-order valence-electron chi connectivity index (χ3n) is 3.41. The zero-order valence-electron chi connectivity index (χ0n) is 14.0. The molecule has 0 heterocycles. The lowest BCUT2D eigenvalue weighted by atomic mass is 10.1. The van der Waals surface area contributed by atoms with Gasteiger partial charge in [0.05, 0.1) is 0 Å². The van der Waals surface area contributed by atoms with Gasteiger partial charge in [0.2, 0.25) is 0 Å². The van der Waals surface area contributed by atoms with Gasteiger partial charge in [-0.3, -0.25) is 15.6 Å². The van der Waals surface area contributed by atoms with E-state index in [1.807, 2.05) is 42.5 Å². The van der Waals surface area contributed by atoms with E-state index in [1.54, 1.807) is 0 Å². The normalized spacial score (nSPS) is 10.5. The molecule has 6 heteroatoms. The summed E-state index contributed by atoms with van der Waals surface area (Å²) in [6, 6.07) is 13.7. The first-order valence-electron chi connectivity index (χ1n) is 7.99. The molecule has 0 aliphatic heterocycles.